The van der Waals surface area contributed by atoms with E-state index < -0.39 is 17.6 Å². The van der Waals surface area contributed by atoms with Crippen LogP contribution in [0.4, 0.5) is 8.78 Å². The van der Waals surface area contributed by atoms with E-state index in [1.165, 1.54) is 6.07 Å². The lowest BCUT2D eigenvalue weighted by atomic mass is 10.0. The third-order valence-corrected chi connectivity index (χ3v) is 2.80. The Labute approximate surface area is 97.0 Å². The van der Waals surface area contributed by atoms with Crippen molar-refractivity contribution in [2.24, 2.45) is 0 Å². The number of rotatable bonds is 4. The molecule has 2 rings (SSSR count). The van der Waals surface area contributed by atoms with Crippen LogP contribution in [0.5, 0.6) is 5.75 Å². The summed E-state index contributed by atoms with van der Waals surface area (Å²) in [7, 11) is 0. The molecule has 92 valence electrons. The molecule has 1 aliphatic heterocycles. The van der Waals surface area contributed by atoms with Gasteiger partial charge in [-0.2, -0.15) is 0 Å². The van der Waals surface area contributed by atoms with Crippen LogP contribution >= 0.6 is 0 Å². The summed E-state index contributed by atoms with van der Waals surface area (Å²) in [6.07, 6.45) is 0.667. The number of aliphatic carboxylic acids is 1. The number of hydrogen-bond donors (Lipinski definition) is 1. The van der Waals surface area contributed by atoms with E-state index in [1.54, 1.807) is 0 Å². The number of benzene rings is 1. The van der Waals surface area contributed by atoms with Crippen molar-refractivity contribution in [2.45, 2.75) is 25.7 Å². The minimum atomic E-state index is -0.963. The maximum absolute atomic E-state index is 13.9. The van der Waals surface area contributed by atoms with Gasteiger partial charge in [0.05, 0.1) is 6.61 Å². The summed E-state index contributed by atoms with van der Waals surface area (Å²) in [5, 5.41) is 8.48. The number of carboxylic acid groups (broad SMARTS) is 1. The van der Waals surface area contributed by atoms with Gasteiger partial charge in [0.2, 0.25) is 0 Å². The number of halogens is 2. The zero-order valence-electron chi connectivity index (χ0n) is 9.13. The molecule has 0 aliphatic carbocycles. The van der Waals surface area contributed by atoms with E-state index in [0.717, 1.165) is 0 Å². The average Bonchev–Trinajstić information content (AvgIpc) is 2.70. The second-order valence-corrected chi connectivity index (χ2v) is 3.97. The summed E-state index contributed by atoms with van der Waals surface area (Å²) < 4.78 is 32.5. The Morgan fingerprint density at radius 1 is 1.47 bits per heavy atom. The van der Waals surface area contributed by atoms with E-state index >= 15 is 0 Å². The Bertz CT molecular complexity index is 458. The van der Waals surface area contributed by atoms with E-state index in [4.69, 9.17) is 9.84 Å². The fourth-order valence-corrected chi connectivity index (χ4v) is 1.95. The highest BCUT2D eigenvalue weighted by Gasteiger charge is 2.22. The zero-order chi connectivity index (χ0) is 12.4. The molecule has 0 unspecified atom stereocenters. The van der Waals surface area contributed by atoms with E-state index in [1.807, 2.05) is 0 Å². The molecule has 0 aromatic heterocycles. The van der Waals surface area contributed by atoms with Crippen molar-refractivity contribution in [1.29, 1.82) is 0 Å². The smallest absolute Gasteiger partial charge is 0.303 e. The lowest BCUT2D eigenvalue weighted by Crippen LogP contribution is -2.02. The fraction of sp³-hybridized carbons (Fsp3) is 0.417. The van der Waals surface area contributed by atoms with Crippen molar-refractivity contribution in [2.75, 3.05) is 6.61 Å². The van der Waals surface area contributed by atoms with Crippen LogP contribution in [0.15, 0.2) is 6.07 Å². The molecule has 0 bridgehead atoms. The maximum atomic E-state index is 13.9. The minimum Gasteiger partial charge on any atom is -0.493 e. The first kappa shape index (κ1) is 11.8. The van der Waals surface area contributed by atoms with Crippen LogP contribution in [0, 0.1) is 11.6 Å². The summed E-state index contributed by atoms with van der Waals surface area (Å²) >= 11 is 0. The molecule has 0 spiro atoms. The van der Waals surface area contributed by atoms with Gasteiger partial charge >= 0.3 is 5.97 Å². The van der Waals surface area contributed by atoms with Gasteiger partial charge in [0.1, 0.15) is 17.4 Å². The Kier molecular flexibility index (Phi) is 3.26. The van der Waals surface area contributed by atoms with Gasteiger partial charge < -0.3 is 9.84 Å². The van der Waals surface area contributed by atoms with Crippen molar-refractivity contribution in [1.82, 2.24) is 0 Å². The van der Waals surface area contributed by atoms with Gasteiger partial charge in [-0.25, -0.2) is 8.78 Å². The quantitative estimate of drug-likeness (QED) is 0.881. The molecule has 0 saturated heterocycles. The SMILES string of the molecule is O=C(O)CCCc1c(F)cc2c(c1F)CCO2. The molecule has 1 heterocycles. The first-order chi connectivity index (χ1) is 8.09. The van der Waals surface area contributed by atoms with Gasteiger partial charge in [-0.1, -0.05) is 0 Å². The lowest BCUT2D eigenvalue weighted by molar-refractivity contribution is -0.137. The van der Waals surface area contributed by atoms with Crippen molar-refractivity contribution in [3.05, 3.63) is 28.8 Å². The average molecular weight is 242 g/mol. The fourth-order valence-electron chi connectivity index (χ4n) is 1.95. The standard InChI is InChI=1S/C12H12F2O3/c13-9-6-10-8(4-5-17-10)12(14)7(9)2-1-3-11(15)16/h6H,1-5H2,(H,15,16). The van der Waals surface area contributed by atoms with Crippen LogP contribution in [-0.4, -0.2) is 17.7 Å². The summed E-state index contributed by atoms with van der Waals surface area (Å²) in [5.74, 6) is -1.94. The van der Waals surface area contributed by atoms with Crippen LogP contribution in [0.25, 0.3) is 0 Å². The Balaban J connectivity index is 2.19. The molecule has 0 amide bonds. The van der Waals surface area contributed by atoms with E-state index in [-0.39, 0.29) is 30.6 Å². The summed E-state index contributed by atoms with van der Waals surface area (Å²) in [6.45, 7) is 0.365. The molecule has 5 heteroatoms. The maximum Gasteiger partial charge on any atom is 0.303 e. The van der Waals surface area contributed by atoms with Crippen molar-refractivity contribution in [3.8, 4) is 5.75 Å². The highest BCUT2D eigenvalue weighted by atomic mass is 19.1. The molecule has 0 fully saturated rings. The molecule has 0 saturated carbocycles. The third-order valence-electron chi connectivity index (χ3n) is 2.80. The molecule has 1 aliphatic rings. The van der Waals surface area contributed by atoms with Crippen molar-refractivity contribution < 1.29 is 23.4 Å². The van der Waals surface area contributed by atoms with Crippen LogP contribution in [-0.2, 0) is 17.6 Å². The molecule has 1 N–H and O–H groups in total. The van der Waals surface area contributed by atoms with Gasteiger partial charge in [0.15, 0.2) is 0 Å². The Morgan fingerprint density at radius 2 is 2.24 bits per heavy atom. The van der Waals surface area contributed by atoms with E-state index in [2.05, 4.69) is 0 Å². The molecular weight excluding hydrogens is 230 g/mol. The van der Waals surface area contributed by atoms with E-state index in [0.29, 0.717) is 18.6 Å². The molecule has 1 aromatic rings. The number of carbonyl (C=O) groups is 1. The predicted octanol–water partition coefficient (Wildman–Crippen LogP) is 2.31. The van der Waals surface area contributed by atoms with Crippen LogP contribution < -0.4 is 4.74 Å². The Hall–Kier alpha value is -1.65. The number of hydrogen-bond acceptors (Lipinski definition) is 2. The normalized spacial score (nSPS) is 13.3. The van der Waals surface area contributed by atoms with E-state index in [9.17, 15) is 13.6 Å². The number of ether oxygens (including phenoxy) is 1. The van der Waals surface area contributed by atoms with Crippen LogP contribution in [0.1, 0.15) is 24.0 Å². The molecule has 0 atom stereocenters. The molecular formula is C12H12F2O3. The zero-order valence-corrected chi connectivity index (χ0v) is 9.13. The molecule has 1 aromatic carbocycles. The topological polar surface area (TPSA) is 46.5 Å². The monoisotopic (exact) mass is 242 g/mol. The summed E-state index contributed by atoms with van der Waals surface area (Å²) in [6, 6.07) is 1.18. The molecule has 3 nitrogen and oxygen atoms in total. The first-order valence-electron chi connectivity index (χ1n) is 5.44. The second kappa shape index (κ2) is 4.69. The first-order valence-corrected chi connectivity index (χ1v) is 5.44. The predicted molar refractivity (Wildman–Crippen MR) is 56.1 cm³/mol. The third kappa shape index (κ3) is 2.38. The van der Waals surface area contributed by atoms with Crippen molar-refractivity contribution >= 4 is 5.97 Å². The molecule has 0 radical (unpaired) electrons. The minimum absolute atomic E-state index is 0.0319. The van der Waals surface area contributed by atoms with Crippen LogP contribution in [0.3, 0.4) is 0 Å². The van der Waals surface area contributed by atoms with Gasteiger partial charge in [-0.05, 0) is 12.8 Å². The number of carboxylic acids is 1. The highest BCUT2D eigenvalue weighted by Crippen LogP contribution is 2.32. The highest BCUT2D eigenvalue weighted by molar-refractivity contribution is 5.66. The number of fused-ring (bicyclic) bond motifs is 1. The summed E-state index contributed by atoms with van der Waals surface area (Å²) in [5.41, 5.74) is 0.368. The van der Waals surface area contributed by atoms with Crippen molar-refractivity contribution in [3.63, 3.8) is 0 Å². The summed E-state index contributed by atoms with van der Waals surface area (Å²) in [4.78, 5) is 10.3. The lowest BCUT2D eigenvalue weighted by Gasteiger charge is -2.08. The second-order valence-electron chi connectivity index (χ2n) is 3.97. The van der Waals surface area contributed by atoms with Gasteiger partial charge in [-0.15, -0.1) is 0 Å². The van der Waals surface area contributed by atoms with Gasteiger partial charge in [-0.3, -0.25) is 4.79 Å². The van der Waals surface area contributed by atoms with Gasteiger partial charge in [0.25, 0.3) is 0 Å². The van der Waals surface area contributed by atoms with Crippen LogP contribution in [0.2, 0.25) is 0 Å². The van der Waals surface area contributed by atoms with Gasteiger partial charge in [0, 0.05) is 30.0 Å². The molecule has 17 heavy (non-hydrogen) atoms. The Morgan fingerprint density at radius 3 is 2.94 bits per heavy atom. The largest absolute Gasteiger partial charge is 0.493 e.